The van der Waals surface area contributed by atoms with Crippen LogP contribution in [0.2, 0.25) is 0 Å². The zero-order chi connectivity index (χ0) is 14.1. The van der Waals surface area contributed by atoms with Gasteiger partial charge in [0.05, 0.1) is 11.4 Å². The van der Waals surface area contributed by atoms with Crippen LogP contribution in [0.3, 0.4) is 0 Å². The van der Waals surface area contributed by atoms with Crippen LogP contribution in [0.4, 0.5) is 0 Å². The van der Waals surface area contributed by atoms with E-state index in [-0.39, 0.29) is 0 Å². The molecule has 0 aromatic rings. The van der Waals surface area contributed by atoms with E-state index in [1.165, 1.54) is 0 Å². The molecule has 0 atom stereocenters. The molecule has 0 amide bonds. The van der Waals surface area contributed by atoms with E-state index < -0.39 is 0 Å². The molecule has 0 saturated heterocycles. The van der Waals surface area contributed by atoms with Gasteiger partial charge >= 0.3 is 28.2 Å². The van der Waals surface area contributed by atoms with Crippen molar-refractivity contribution in [3.05, 3.63) is 72.2 Å². The van der Waals surface area contributed by atoms with Gasteiger partial charge in [0.1, 0.15) is 0 Å². The second-order valence-corrected chi connectivity index (χ2v) is 3.52. The van der Waals surface area contributed by atoms with Gasteiger partial charge in [-0.15, -0.1) is 6.26 Å². The minimum absolute atomic E-state index is 0.417. The van der Waals surface area contributed by atoms with Crippen molar-refractivity contribution in [2.75, 3.05) is 0 Å². The molecule has 2 aliphatic rings. The summed E-state index contributed by atoms with van der Waals surface area (Å²) in [6, 6.07) is 0. The van der Waals surface area contributed by atoms with Gasteiger partial charge in [-0.05, 0) is 17.7 Å². The molecule has 100 valence electrons. The van der Waals surface area contributed by atoms with Crippen molar-refractivity contribution in [3.63, 3.8) is 0 Å². The molecule has 19 heavy (non-hydrogen) atoms. The summed E-state index contributed by atoms with van der Waals surface area (Å²) >= 11 is 1.61. The Kier molecular flexibility index (Phi) is 7.09. The molecule has 0 fully saturated rings. The van der Waals surface area contributed by atoms with Crippen LogP contribution in [0.15, 0.2) is 77.2 Å². The first-order valence-corrected chi connectivity index (χ1v) is 8.13. The predicted molar refractivity (Wildman–Crippen MR) is 73.7 cm³/mol. The third kappa shape index (κ3) is 4.62. The molecular formula is C14H11ClN2OPt. The van der Waals surface area contributed by atoms with E-state index in [1.807, 2.05) is 18.2 Å². The molecule has 5 heteroatoms. The fraction of sp³-hybridized carbons (Fsp3) is 0. The van der Waals surface area contributed by atoms with Crippen molar-refractivity contribution in [1.82, 2.24) is 0 Å². The van der Waals surface area contributed by atoms with Gasteiger partial charge in [-0.3, -0.25) is 4.99 Å². The van der Waals surface area contributed by atoms with E-state index in [1.54, 1.807) is 55.4 Å². The molecule has 0 heterocycles. The maximum absolute atomic E-state index is 10.8. The van der Waals surface area contributed by atoms with Crippen LogP contribution >= 0.6 is 9.42 Å². The fourth-order valence-electron chi connectivity index (χ4n) is 1.45. The molecule has 0 radical (unpaired) electrons. The van der Waals surface area contributed by atoms with Gasteiger partial charge in [-0.25, -0.2) is 0 Å². The van der Waals surface area contributed by atoms with E-state index in [2.05, 4.69) is 14.4 Å². The van der Waals surface area contributed by atoms with Crippen LogP contribution in [-0.4, -0.2) is 11.4 Å². The number of nitrogens with one attached hydrogen (secondary N) is 1. The van der Waals surface area contributed by atoms with Gasteiger partial charge in [-0.2, -0.15) is 0 Å². The summed E-state index contributed by atoms with van der Waals surface area (Å²) in [5.74, 6) is 0. The zero-order valence-corrected chi connectivity index (χ0v) is 12.9. The normalized spacial score (nSPS) is 23.1. The summed E-state index contributed by atoms with van der Waals surface area (Å²) in [6.07, 6.45) is 16.7. The average Bonchev–Trinajstić information content (AvgIpc) is 2.49. The van der Waals surface area contributed by atoms with Gasteiger partial charge in [0.2, 0.25) is 0 Å². The Labute approximate surface area is 127 Å². The van der Waals surface area contributed by atoms with E-state index in [0.717, 1.165) is 11.8 Å². The fourth-order valence-corrected chi connectivity index (χ4v) is 1.45. The average molecular weight is 454 g/mol. The van der Waals surface area contributed by atoms with Crippen LogP contribution < -0.4 is 5.11 Å². The van der Waals surface area contributed by atoms with E-state index >= 15 is 0 Å². The number of nitrogens with zero attached hydrogens (tertiary/aromatic N) is 1. The molecule has 0 aromatic carbocycles. The van der Waals surface area contributed by atoms with Crippen LogP contribution in [0, 0.1) is 5.41 Å². The quantitative estimate of drug-likeness (QED) is 0.609. The summed E-state index contributed by atoms with van der Waals surface area (Å²) in [5.41, 5.74) is 2.31. The molecule has 0 spiro atoms. The van der Waals surface area contributed by atoms with Gasteiger partial charge in [0, 0.05) is 11.8 Å². The van der Waals surface area contributed by atoms with Crippen LogP contribution in [-0.2, 0) is 18.8 Å². The van der Waals surface area contributed by atoms with Gasteiger partial charge < -0.3 is 10.5 Å². The first-order valence-electron chi connectivity index (χ1n) is 5.32. The second kappa shape index (κ2) is 8.62. The molecule has 3 nitrogen and oxygen atoms in total. The van der Waals surface area contributed by atoms with Crippen LogP contribution in [0.25, 0.3) is 0 Å². The number of hydrogen-bond acceptors (Lipinski definition) is 3. The van der Waals surface area contributed by atoms with Crippen LogP contribution in [0.5, 0.6) is 0 Å². The summed E-state index contributed by atoms with van der Waals surface area (Å²) in [4.78, 5) is 4.23. The number of aliphatic imine (C=N–C) groups is 1. The molecule has 1 N–H and O–H groups in total. The second-order valence-electron chi connectivity index (χ2n) is 3.52. The Hall–Kier alpha value is -1.44. The Bertz CT molecular complexity index is 552. The van der Waals surface area contributed by atoms with Crippen molar-refractivity contribution >= 4 is 20.8 Å². The number of allylic oxidation sites excluding steroid dienone is 10. The Morgan fingerprint density at radius 2 is 1.58 bits per heavy atom. The van der Waals surface area contributed by atoms with Crippen molar-refractivity contribution in [2.24, 2.45) is 4.99 Å². The summed E-state index contributed by atoms with van der Waals surface area (Å²) < 4.78 is 0. The van der Waals surface area contributed by atoms with Gasteiger partial charge in [0.15, 0.2) is 0 Å². The monoisotopic (exact) mass is 453 g/mol. The van der Waals surface area contributed by atoms with Gasteiger partial charge in [-0.1, -0.05) is 36.5 Å². The number of rotatable bonds is 1. The van der Waals surface area contributed by atoms with Crippen LogP contribution in [0.1, 0.15) is 0 Å². The number of hydrogen-bond donors (Lipinski definition) is 1. The molecule has 0 saturated carbocycles. The maximum atomic E-state index is 10.8. The third-order valence-corrected chi connectivity index (χ3v) is 2.37. The standard InChI is InChI=1S/C14H12N2O.ClH.Pt/c15-13-7-3-1-5-11(13)9-16-14-8-4-2-6-12(14)10-17;;/h1-10,15,17H;1H;/q;;+2/p-2/b11-9-,12-10-,15-13?,16-14-;;. The first-order chi connectivity index (χ1) is 9.31. The van der Waals surface area contributed by atoms with E-state index in [4.69, 9.17) is 5.41 Å². The minimum atomic E-state index is 0.417. The van der Waals surface area contributed by atoms with Crippen molar-refractivity contribution in [3.8, 4) is 0 Å². The molecule has 0 aliphatic heterocycles. The van der Waals surface area contributed by atoms with E-state index in [9.17, 15) is 5.11 Å². The molecule has 2 aliphatic carbocycles. The molecule has 0 unspecified atom stereocenters. The Balaban J connectivity index is 0.000000861. The first kappa shape index (κ1) is 15.6. The number of halogens is 1. The molecule has 2 rings (SSSR count). The Morgan fingerprint density at radius 1 is 1.00 bits per heavy atom. The Morgan fingerprint density at radius 3 is 2.21 bits per heavy atom. The predicted octanol–water partition coefficient (Wildman–Crippen LogP) is 2.51. The third-order valence-electron chi connectivity index (χ3n) is 2.37. The molecular weight excluding hydrogens is 443 g/mol. The topological polar surface area (TPSA) is 59.3 Å². The van der Waals surface area contributed by atoms with Crippen molar-refractivity contribution in [1.29, 1.82) is 5.41 Å². The van der Waals surface area contributed by atoms with Crippen molar-refractivity contribution in [2.45, 2.75) is 0 Å². The molecule has 0 bridgehead atoms. The summed E-state index contributed by atoms with van der Waals surface area (Å²) in [6.45, 7) is 0. The SMILES string of the molecule is N=C1C=CC=C/C1=C/N=C1/C=CC=C/C1=C/[O-].[Cl][Pt+]. The van der Waals surface area contributed by atoms with E-state index in [0.29, 0.717) is 17.0 Å². The van der Waals surface area contributed by atoms with Gasteiger partial charge in [0.25, 0.3) is 0 Å². The summed E-state index contributed by atoms with van der Waals surface area (Å²) in [5, 5.41) is 18.5. The van der Waals surface area contributed by atoms with Crippen molar-refractivity contribution < 1.29 is 23.9 Å². The zero-order valence-electron chi connectivity index (χ0n) is 9.82. The summed E-state index contributed by atoms with van der Waals surface area (Å²) in [7, 11) is 4.61. The molecule has 0 aromatic heterocycles.